The van der Waals surface area contributed by atoms with Gasteiger partial charge in [-0.2, -0.15) is 0 Å². The van der Waals surface area contributed by atoms with Gasteiger partial charge in [0.25, 0.3) is 11.5 Å². The number of pyridine rings is 1. The third kappa shape index (κ3) is 17.0. The molecule has 3 N–H and O–H groups in total. The maximum absolute atomic E-state index is 14.2. The van der Waals surface area contributed by atoms with Gasteiger partial charge in [0.15, 0.2) is 0 Å². The largest absolute Gasteiger partial charge is 0.496 e. The summed E-state index contributed by atoms with van der Waals surface area (Å²) in [6.45, 7) is 19.7. The Balaban J connectivity index is 0.980. The van der Waals surface area contributed by atoms with Crippen molar-refractivity contribution in [1.82, 2.24) is 29.9 Å². The quantitative estimate of drug-likeness (QED) is 0.0361. The van der Waals surface area contributed by atoms with E-state index in [0.29, 0.717) is 162 Å². The third-order valence-electron chi connectivity index (χ3n) is 10.1. The van der Waals surface area contributed by atoms with Gasteiger partial charge in [0.2, 0.25) is 0 Å². The molecule has 0 radical (unpaired) electrons. The van der Waals surface area contributed by atoms with Crippen LogP contribution in [0.4, 0.5) is 4.39 Å². The molecule has 5 aromatic rings. The molecule has 0 aliphatic carbocycles. The summed E-state index contributed by atoms with van der Waals surface area (Å²) in [6, 6.07) is 9.68. The van der Waals surface area contributed by atoms with E-state index in [9.17, 15) is 19.1 Å². The van der Waals surface area contributed by atoms with Crippen LogP contribution in [-0.4, -0.2) is 135 Å². The van der Waals surface area contributed by atoms with Gasteiger partial charge in [-0.1, -0.05) is 17.9 Å². The highest BCUT2D eigenvalue weighted by Gasteiger charge is 2.23. The van der Waals surface area contributed by atoms with Crippen LogP contribution in [0.3, 0.4) is 0 Å². The normalized spacial score (nSPS) is 11.7. The second-order valence-electron chi connectivity index (χ2n) is 16.2. The maximum atomic E-state index is 14.2. The van der Waals surface area contributed by atoms with E-state index in [1.807, 2.05) is 0 Å². The van der Waals surface area contributed by atoms with Gasteiger partial charge >= 0.3 is 0 Å². The molecule has 3 heterocycles. The number of halogens is 1. The van der Waals surface area contributed by atoms with Crippen LogP contribution >= 0.6 is 0 Å². The predicted octanol–water partition coefficient (Wildman–Crippen LogP) is 5.50. The van der Waals surface area contributed by atoms with Crippen LogP contribution in [0.25, 0.3) is 22.0 Å². The lowest BCUT2D eigenvalue weighted by Crippen LogP contribution is -2.23. The van der Waals surface area contributed by atoms with E-state index >= 15 is 0 Å². The van der Waals surface area contributed by atoms with Crippen molar-refractivity contribution in [2.75, 3.05) is 99.1 Å². The highest BCUT2D eigenvalue weighted by atomic mass is 19.1. The Morgan fingerprint density at radius 2 is 1.33 bits per heavy atom. The molecule has 0 saturated carbocycles. The fourth-order valence-electron chi connectivity index (χ4n) is 6.70. The Morgan fingerprint density at radius 1 is 0.791 bits per heavy atom. The Labute approximate surface area is 390 Å². The molecule has 0 bridgehead atoms. The SMILES string of the molecule is C=C(C)OCCOCCOCCOCCOCCOCCOCCOCCn1cc(CNC(=O)c2cc3c(-c4cc(C(C)(C)O)ccc4Oc4c(C)cc(F)cc4C)cn(C)c(=O)c3[nH]2)nn1. The van der Waals surface area contributed by atoms with Crippen molar-refractivity contribution in [2.24, 2.45) is 7.05 Å². The first-order chi connectivity index (χ1) is 32.2. The van der Waals surface area contributed by atoms with E-state index in [2.05, 4.69) is 27.2 Å². The van der Waals surface area contributed by atoms with Gasteiger partial charge in [0, 0.05) is 29.8 Å². The van der Waals surface area contributed by atoms with Gasteiger partial charge in [0.1, 0.15) is 40.8 Å². The van der Waals surface area contributed by atoms with E-state index in [1.54, 1.807) is 83.0 Å². The first kappa shape index (κ1) is 52.5. The van der Waals surface area contributed by atoms with Crippen LogP contribution in [0.2, 0.25) is 0 Å². The molecule has 0 fully saturated rings. The van der Waals surface area contributed by atoms with Crippen molar-refractivity contribution < 1.29 is 56.9 Å². The van der Waals surface area contributed by atoms with Crippen molar-refractivity contribution in [3.8, 4) is 22.6 Å². The van der Waals surface area contributed by atoms with Crippen LogP contribution in [-0.2, 0) is 63.6 Å². The van der Waals surface area contributed by atoms with Gasteiger partial charge in [-0.3, -0.25) is 9.59 Å². The molecule has 366 valence electrons. The third-order valence-corrected chi connectivity index (χ3v) is 10.1. The van der Waals surface area contributed by atoms with Crippen molar-refractivity contribution in [1.29, 1.82) is 0 Å². The minimum Gasteiger partial charge on any atom is -0.496 e. The van der Waals surface area contributed by atoms with E-state index < -0.39 is 11.5 Å². The number of carbonyl (C=O) groups is 1. The number of nitrogens with zero attached hydrogens (tertiary/aromatic N) is 4. The highest BCUT2D eigenvalue weighted by molar-refractivity contribution is 6.03. The molecule has 0 aliphatic rings. The molecule has 18 nitrogen and oxygen atoms in total. The van der Waals surface area contributed by atoms with Crippen molar-refractivity contribution in [2.45, 2.75) is 53.3 Å². The number of H-pyrrole nitrogens is 1. The molecule has 19 heteroatoms. The summed E-state index contributed by atoms with van der Waals surface area (Å²) in [5, 5.41) is 22.6. The van der Waals surface area contributed by atoms with E-state index in [0.717, 1.165) is 0 Å². The number of nitrogens with one attached hydrogen (secondary N) is 2. The summed E-state index contributed by atoms with van der Waals surface area (Å²) in [4.78, 5) is 29.9. The van der Waals surface area contributed by atoms with Crippen molar-refractivity contribution in [3.05, 3.63) is 105 Å². The van der Waals surface area contributed by atoms with E-state index in [-0.39, 0.29) is 29.1 Å². The number of allylic oxidation sites excluding steroid dienone is 1. The zero-order valence-corrected chi connectivity index (χ0v) is 39.5. The summed E-state index contributed by atoms with van der Waals surface area (Å²) >= 11 is 0. The number of aromatic nitrogens is 5. The monoisotopic (exact) mass is 936 g/mol. The maximum Gasteiger partial charge on any atom is 0.274 e. The fourth-order valence-corrected chi connectivity index (χ4v) is 6.70. The first-order valence-corrected chi connectivity index (χ1v) is 22.2. The molecule has 0 saturated heterocycles. The smallest absolute Gasteiger partial charge is 0.274 e. The number of ether oxygens (including phenoxy) is 9. The standard InChI is InChI=1S/C48H65FN6O12/c1-33(2)66-25-24-65-23-22-64-21-20-63-19-18-62-17-16-61-15-14-60-13-12-59-11-10-55-31-38(52-53-55)30-50-46(56)42-29-40-41(32-54(7)47(57)44(40)51-42)39-28-36(48(5,6)58)8-9-43(39)67-45-34(3)26-37(49)27-35(45)4/h8-9,26-29,31-32,51,58H,1,10-25,30H2,2-7H3,(H,50,56). The Hall–Kier alpha value is -5.51. The number of benzene rings is 2. The van der Waals surface area contributed by atoms with Gasteiger partial charge in [0.05, 0.1) is 123 Å². The molecular formula is C48H65FN6O12. The minimum atomic E-state index is -1.20. The molecule has 67 heavy (non-hydrogen) atoms. The topological polar surface area (TPSA) is 201 Å². The number of hydrogen-bond donors (Lipinski definition) is 3. The number of aryl methyl sites for hydroxylation is 3. The summed E-state index contributed by atoms with van der Waals surface area (Å²) < 4.78 is 67.4. The Kier molecular flexibility index (Phi) is 20.9. The number of carbonyl (C=O) groups excluding carboxylic acids is 1. The number of aliphatic hydroxyl groups is 1. The number of amides is 1. The summed E-state index contributed by atoms with van der Waals surface area (Å²) in [5.74, 6) is 0.737. The Morgan fingerprint density at radius 3 is 1.87 bits per heavy atom. The average molecular weight is 937 g/mol. The zero-order valence-electron chi connectivity index (χ0n) is 39.5. The molecular weight excluding hydrogens is 872 g/mol. The molecule has 3 aromatic heterocycles. The molecule has 0 aliphatic heterocycles. The van der Waals surface area contributed by atoms with Gasteiger partial charge < -0.3 is 62.6 Å². The van der Waals surface area contributed by atoms with E-state index in [1.165, 1.54) is 16.7 Å². The van der Waals surface area contributed by atoms with Gasteiger partial charge in [-0.05, 0) is 81.6 Å². The predicted molar refractivity (Wildman–Crippen MR) is 248 cm³/mol. The summed E-state index contributed by atoms with van der Waals surface area (Å²) in [7, 11) is 1.61. The van der Waals surface area contributed by atoms with Crippen molar-refractivity contribution in [3.63, 3.8) is 0 Å². The van der Waals surface area contributed by atoms with Crippen LogP contribution in [0.1, 0.15) is 53.6 Å². The average Bonchev–Trinajstić information content (AvgIpc) is 3.94. The van der Waals surface area contributed by atoms with Crippen LogP contribution in [0.5, 0.6) is 11.5 Å². The second-order valence-corrected chi connectivity index (χ2v) is 16.2. The Bertz CT molecular complexity index is 2390. The van der Waals surface area contributed by atoms with E-state index in [4.69, 9.17) is 42.6 Å². The lowest BCUT2D eigenvalue weighted by Gasteiger charge is -2.22. The molecule has 2 aromatic carbocycles. The molecule has 0 spiro atoms. The molecule has 0 unspecified atom stereocenters. The van der Waals surface area contributed by atoms with Crippen LogP contribution in [0, 0.1) is 19.7 Å². The number of hydrogen-bond acceptors (Lipinski definition) is 14. The van der Waals surface area contributed by atoms with Crippen molar-refractivity contribution >= 4 is 16.8 Å². The van der Waals surface area contributed by atoms with Crippen LogP contribution in [0.15, 0.2) is 65.9 Å². The number of fused-ring (bicyclic) bond motifs is 1. The summed E-state index contributed by atoms with van der Waals surface area (Å²) in [5.41, 5.74) is 2.29. The minimum absolute atomic E-state index is 0.0833. The van der Waals surface area contributed by atoms with Crippen LogP contribution < -0.4 is 15.6 Å². The number of rotatable bonds is 32. The fraction of sp³-hybridized carbons (Fsp3) is 0.500. The molecule has 1 amide bonds. The van der Waals surface area contributed by atoms with Gasteiger partial charge in [-0.25, -0.2) is 9.07 Å². The lowest BCUT2D eigenvalue weighted by atomic mass is 9.93. The number of aromatic amines is 1. The lowest BCUT2D eigenvalue weighted by molar-refractivity contribution is -0.0221. The second kappa shape index (κ2) is 26.7. The molecule has 0 atom stereocenters. The first-order valence-electron chi connectivity index (χ1n) is 22.2. The van der Waals surface area contributed by atoms with Gasteiger partial charge in [-0.15, -0.1) is 5.10 Å². The zero-order chi connectivity index (χ0) is 48.2. The highest BCUT2D eigenvalue weighted by Crippen LogP contribution is 2.41. The molecule has 5 rings (SSSR count). The summed E-state index contributed by atoms with van der Waals surface area (Å²) in [6.07, 6.45) is 3.38.